The van der Waals surface area contributed by atoms with Crippen LogP contribution in [-0.4, -0.2) is 21.1 Å². The molecule has 1 N–H and O–H groups in total. The highest BCUT2D eigenvalue weighted by molar-refractivity contribution is 7.89. The standard InChI is InChI=1S/C12H18FNO3S/c1-5-12(2,3)14-18(15,16)9-6-7-11(17-4)10(13)8-9/h6-8,14H,5H2,1-4H3. The summed E-state index contributed by atoms with van der Waals surface area (Å²) < 4.78 is 44.8. The summed E-state index contributed by atoms with van der Waals surface area (Å²) in [6.07, 6.45) is 0.630. The van der Waals surface area contributed by atoms with E-state index in [4.69, 9.17) is 4.74 Å². The van der Waals surface area contributed by atoms with E-state index in [0.29, 0.717) is 6.42 Å². The molecule has 0 atom stereocenters. The Morgan fingerprint density at radius 3 is 2.44 bits per heavy atom. The molecule has 1 rings (SSSR count). The first-order chi connectivity index (χ1) is 8.22. The van der Waals surface area contributed by atoms with E-state index in [1.54, 1.807) is 13.8 Å². The summed E-state index contributed by atoms with van der Waals surface area (Å²) in [5.41, 5.74) is -0.574. The molecule has 0 bridgehead atoms. The molecular weight excluding hydrogens is 257 g/mol. The second-order valence-corrected chi connectivity index (χ2v) is 6.32. The molecule has 0 spiro atoms. The van der Waals surface area contributed by atoms with Gasteiger partial charge in [0.25, 0.3) is 0 Å². The van der Waals surface area contributed by atoms with Gasteiger partial charge in [-0.05, 0) is 38.5 Å². The minimum atomic E-state index is -3.72. The molecule has 0 radical (unpaired) electrons. The minimum Gasteiger partial charge on any atom is -0.494 e. The number of ether oxygens (including phenoxy) is 1. The van der Waals surface area contributed by atoms with Crippen molar-refractivity contribution in [1.82, 2.24) is 4.72 Å². The van der Waals surface area contributed by atoms with E-state index in [1.807, 2.05) is 6.92 Å². The van der Waals surface area contributed by atoms with Crippen LogP contribution in [0, 0.1) is 5.82 Å². The van der Waals surface area contributed by atoms with Gasteiger partial charge >= 0.3 is 0 Å². The molecule has 102 valence electrons. The van der Waals surface area contributed by atoms with Crippen molar-refractivity contribution in [2.75, 3.05) is 7.11 Å². The molecule has 1 aromatic carbocycles. The molecule has 0 amide bonds. The molecule has 18 heavy (non-hydrogen) atoms. The number of methoxy groups -OCH3 is 1. The maximum absolute atomic E-state index is 13.5. The molecule has 0 saturated carbocycles. The number of nitrogens with one attached hydrogen (secondary N) is 1. The fourth-order valence-electron chi connectivity index (χ4n) is 1.31. The van der Waals surface area contributed by atoms with Crippen molar-refractivity contribution in [2.45, 2.75) is 37.6 Å². The zero-order chi connectivity index (χ0) is 14.0. The highest BCUT2D eigenvalue weighted by Crippen LogP contribution is 2.22. The Balaban J connectivity index is 3.10. The molecule has 4 nitrogen and oxygen atoms in total. The molecule has 0 fully saturated rings. The summed E-state index contributed by atoms with van der Waals surface area (Å²) in [6.45, 7) is 5.41. The molecule has 0 aliphatic heterocycles. The first-order valence-electron chi connectivity index (χ1n) is 5.59. The smallest absolute Gasteiger partial charge is 0.241 e. The van der Waals surface area contributed by atoms with Crippen LogP contribution in [0.3, 0.4) is 0 Å². The zero-order valence-electron chi connectivity index (χ0n) is 11.0. The van der Waals surface area contributed by atoms with Crippen molar-refractivity contribution < 1.29 is 17.5 Å². The van der Waals surface area contributed by atoms with Crippen LogP contribution in [-0.2, 0) is 10.0 Å². The Morgan fingerprint density at radius 2 is 2.00 bits per heavy atom. The Kier molecular flexibility index (Phi) is 4.34. The summed E-state index contributed by atoms with van der Waals surface area (Å²) in [7, 11) is -2.40. The molecule has 0 aliphatic rings. The van der Waals surface area contributed by atoms with Crippen LogP contribution in [0.15, 0.2) is 23.1 Å². The van der Waals surface area contributed by atoms with Crippen molar-refractivity contribution in [1.29, 1.82) is 0 Å². The van der Waals surface area contributed by atoms with E-state index in [9.17, 15) is 12.8 Å². The van der Waals surface area contributed by atoms with Crippen molar-refractivity contribution >= 4 is 10.0 Å². The lowest BCUT2D eigenvalue weighted by molar-refractivity contribution is 0.385. The second-order valence-electron chi connectivity index (χ2n) is 4.64. The number of hydrogen-bond donors (Lipinski definition) is 1. The number of benzene rings is 1. The Labute approximate surface area is 107 Å². The highest BCUT2D eigenvalue weighted by atomic mass is 32.2. The van der Waals surface area contributed by atoms with E-state index in [1.165, 1.54) is 19.2 Å². The lowest BCUT2D eigenvalue weighted by Gasteiger charge is -2.24. The largest absolute Gasteiger partial charge is 0.494 e. The first kappa shape index (κ1) is 14.9. The fourth-order valence-corrected chi connectivity index (χ4v) is 2.80. The van der Waals surface area contributed by atoms with Crippen molar-refractivity contribution in [3.8, 4) is 5.75 Å². The van der Waals surface area contributed by atoms with Gasteiger partial charge in [-0.3, -0.25) is 0 Å². The third kappa shape index (κ3) is 3.43. The number of sulfonamides is 1. The summed E-state index contributed by atoms with van der Waals surface area (Å²) >= 11 is 0. The van der Waals surface area contributed by atoms with E-state index >= 15 is 0 Å². The third-order valence-corrected chi connectivity index (χ3v) is 4.42. The van der Waals surface area contributed by atoms with Gasteiger partial charge < -0.3 is 4.74 Å². The second kappa shape index (κ2) is 5.24. The Morgan fingerprint density at radius 1 is 1.39 bits per heavy atom. The van der Waals surface area contributed by atoms with E-state index in [2.05, 4.69) is 4.72 Å². The van der Waals surface area contributed by atoms with Gasteiger partial charge in [-0.2, -0.15) is 0 Å². The fraction of sp³-hybridized carbons (Fsp3) is 0.500. The quantitative estimate of drug-likeness (QED) is 0.897. The monoisotopic (exact) mass is 275 g/mol. The van der Waals surface area contributed by atoms with E-state index < -0.39 is 21.4 Å². The summed E-state index contributed by atoms with van der Waals surface area (Å²) in [5.74, 6) is -0.682. The molecule has 0 heterocycles. The molecule has 6 heteroatoms. The van der Waals surface area contributed by atoms with Gasteiger partial charge in [-0.25, -0.2) is 17.5 Å². The van der Waals surface area contributed by atoms with Crippen LogP contribution in [0.1, 0.15) is 27.2 Å². The van der Waals surface area contributed by atoms with Gasteiger partial charge in [0.05, 0.1) is 12.0 Å². The molecule has 0 aromatic heterocycles. The number of rotatable bonds is 5. The van der Waals surface area contributed by atoms with Crippen molar-refractivity contribution in [2.24, 2.45) is 0 Å². The van der Waals surface area contributed by atoms with Crippen LogP contribution >= 0.6 is 0 Å². The van der Waals surface area contributed by atoms with Crippen molar-refractivity contribution in [3.63, 3.8) is 0 Å². The van der Waals surface area contributed by atoms with Crippen LogP contribution in [0.5, 0.6) is 5.75 Å². The first-order valence-corrected chi connectivity index (χ1v) is 7.07. The zero-order valence-corrected chi connectivity index (χ0v) is 11.8. The van der Waals surface area contributed by atoms with Crippen LogP contribution < -0.4 is 9.46 Å². The summed E-state index contributed by atoms with van der Waals surface area (Å²) in [6, 6.07) is 3.56. The third-order valence-electron chi connectivity index (χ3n) is 2.73. The van der Waals surface area contributed by atoms with Gasteiger partial charge in [0.1, 0.15) is 0 Å². The number of halogens is 1. The average Bonchev–Trinajstić information content (AvgIpc) is 2.27. The molecular formula is C12H18FNO3S. The van der Waals surface area contributed by atoms with Gasteiger partial charge in [0.15, 0.2) is 11.6 Å². The minimum absolute atomic E-state index is 0.0173. The predicted octanol–water partition coefficient (Wildman–Crippen LogP) is 2.30. The maximum atomic E-state index is 13.5. The summed E-state index contributed by atoms with van der Waals surface area (Å²) in [5, 5.41) is 0. The molecule has 0 saturated heterocycles. The van der Waals surface area contributed by atoms with Crippen molar-refractivity contribution in [3.05, 3.63) is 24.0 Å². The normalized spacial score (nSPS) is 12.5. The Bertz CT molecular complexity index is 526. The van der Waals surface area contributed by atoms with E-state index in [-0.39, 0.29) is 10.6 Å². The summed E-state index contributed by atoms with van der Waals surface area (Å²) in [4.78, 5) is -0.109. The highest BCUT2D eigenvalue weighted by Gasteiger charge is 2.25. The lowest BCUT2D eigenvalue weighted by Crippen LogP contribution is -2.42. The molecule has 0 aliphatic carbocycles. The van der Waals surface area contributed by atoms with Crippen LogP contribution in [0.2, 0.25) is 0 Å². The SMILES string of the molecule is CCC(C)(C)NS(=O)(=O)c1ccc(OC)c(F)c1. The Hall–Kier alpha value is -1.14. The van der Waals surface area contributed by atoms with E-state index in [0.717, 1.165) is 6.07 Å². The molecule has 1 aromatic rings. The van der Waals surface area contributed by atoms with Gasteiger partial charge in [-0.1, -0.05) is 6.92 Å². The van der Waals surface area contributed by atoms with Gasteiger partial charge in [0, 0.05) is 5.54 Å². The lowest BCUT2D eigenvalue weighted by atomic mass is 10.0. The topological polar surface area (TPSA) is 55.4 Å². The van der Waals surface area contributed by atoms with Gasteiger partial charge in [-0.15, -0.1) is 0 Å². The van der Waals surface area contributed by atoms with Gasteiger partial charge in [0.2, 0.25) is 10.0 Å². The molecule has 0 unspecified atom stereocenters. The van der Waals surface area contributed by atoms with Crippen LogP contribution in [0.25, 0.3) is 0 Å². The average molecular weight is 275 g/mol. The number of hydrogen-bond acceptors (Lipinski definition) is 3. The predicted molar refractivity (Wildman–Crippen MR) is 67.6 cm³/mol. The van der Waals surface area contributed by atoms with Crippen LogP contribution in [0.4, 0.5) is 4.39 Å². The maximum Gasteiger partial charge on any atom is 0.241 e.